The Morgan fingerprint density at radius 1 is 1.20 bits per heavy atom. The van der Waals surface area contributed by atoms with E-state index in [0.29, 0.717) is 0 Å². The molecule has 2 amide bonds. The Bertz CT molecular complexity index is 1120. The number of anilines is 2. The second-order valence-electron chi connectivity index (χ2n) is 8.70. The maximum Gasteiger partial charge on any atom is 0.319 e. The number of carbonyl (C=O) groups excluding carboxylic acids is 1. The van der Waals surface area contributed by atoms with Crippen LogP contribution in [-0.4, -0.2) is 29.1 Å². The van der Waals surface area contributed by atoms with Crippen molar-refractivity contribution in [3.8, 4) is 11.1 Å². The average molecular weight is 407 g/mol. The number of pyridine rings is 2. The van der Waals surface area contributed by atoms with Crippen molar-refractivity contribution in [3.05, 3.63) is 48.0 Å². The molecule has 2 heterocycles. The monoisotopic (exact) mass is 407 g/mol. The summed E-state index contributed by atoms with van der Waals surface area (Å²) in [5.41, 5.74) is 3.69. The molecule has 0 radical (unpaired) electrons. The summed E-state index contributed by atoms with van der Waals surface area (Å²) >= 11 is 0. The van der Waals surface area contributed by atoms with Crippen LogP contribution in [0.25, 0.3) is 22.0 Å². The third kappa shape index (κ3) is 4.06. The second-order valence-corrected chi connectivity index (χ2v) is 8.70. The predicted molar refractivity (Wildman–Crippen MR) is 118 cm³/mol. The fourth-order valence-corrected chi connectivity index (χ4v) is 4.10. The number of nitrogens with zero attached hydrogens (tertiary/aromatic N) is 2. The van der Waals surface area contributed by atoms with Crippen LogP contribution in [0.4, 0.5) is 20.7 Å². The molecule has 6 nitrogen and oxygen atoms in total. The molecule has 3 N–H and O–H groups in total. The minimum atomic E-state index is -0.477. The standard InChI is InChI=1S/C23H26FN5O/c1-13-17(7-15-12-26-21(25-4)9-19(15)27-13)14-5-6-18(24)20(8-14)29-22(30)28-16-10-23(2,3)11-16/h5-9,12,16H,10-11H2,1-4H3,(H,25,26)(H2,28,29,30). The Kier molecular flexibility index (Phi) is 5.05. The summed E-state index contributed by atoms with van der Waals surface area (Å²) in [5.74, 6) is 0.269. The summed E-state index contributed by atoms with van der Waals surface area (Å²) in [6.07, 6.45) is 3.61. The molecule has 7 heteroatoms. The topological polar surface area (TPSA) is 78.9 Å². The van der Waals surface area contributed by atoms with Gasteiger partial charge in [-0.3, -0.25) is 4.98 Å². The van der Waals surface area contributed by atoms with Crippen molar-refractivity contribution in [2.24, 2.45) is 5.41 Å². The molecule has 0 unspecified atom stereocenters. The molecule has 1 aliphatic carbocycles. The lowest BCUT2D eigenvalue weighted by Gasteiger charge is -2.42. The first-order chi connectivity index (χ1) is 14.2. The zero-order valence-electron chi connectivity index (χ0n) is 17.6. The molecule has 4 rings (SSSR count). The molecule has 0 spiro atoms. The molecular weight excluding hydrogens is 381 g/mol. The van der Waals surface area contributed by atoms with Gasteiger partial charge in [-0.1, -0.05) is 19.9 Å². The number of aromatic nitrogens is 2. The number of fused-ring (bicyclic) bond motifs is 1. The van der Waals surface area contributed by atoms with E-state index >= 15 is 0 Å². The van der Waals surface area contributed by atoms with Crippen molar-refractivity contribution in [1.29, 1.82) is 0 Å². The Labute approximate surface area is 175 Å². The lowest BCUT2D eigenvalue weighted by molar-refractivity contribution is 0.132. The van der Waals surface area contributed by atoms with Crippen LogP contribution in [0.1, 0.15) is 32.4 Å². The lowest BCUT2D eigenvalue weighted by atomic mass is 9.68. The molecule has 2 aromatic heterocycles. The van der Waals surface area contributed by atoms with Crippen molar-refractivity contribution in [1.82, 2.24) is 15.3 Å². The molecule has 0 atom stereocenters. The predicted octanol–water partition coefficient (Wildman–Crippen LogP) is 5.10. The Morgan fingerprint density at radius 2 is 1.97 bits per heavy atom. The van der Waals surface area contributed by atoms with Crippen LogP contribution >= 0.6 is 0 Å². The number of hydrogen-bond acceptors (Lipinski definition) is 4. The summed E-state index contributed by atoms with van der Waals surface area (Å²) in [5, 5.41) is 9.45. The summed E-state index contributed by atoms with van der Waals surface area (Å²) in [6.45, 7) is 6.25. The van der Waals surface area contributed by atoms with Gasteiger partial charge in [0.15, 0.2) is 0 Å². The first-order valence-corrected chi connectivity index (χ1v) is 10.1. The number of aryl methyl sites for hydroxylation is 1. The molecule has 0 aliphatic heterocycles. The van der Waals surface area contributed by atoms with Crippen LogP contribution in [0.3, 0.4) is 0 Å². The molecular formula is C23H26FN5O. The van der Waals surface area contributed by atoms with Gasteiger partial charge in [0.05, 0.1) is 11.2 Å². The van der Waals surface area contributed by atoms with Gasteiger partial charge in [-0.25, -0.2) is 14.2 Å². The molecule has 1 fully saturated rings. The van der Waals surface area contributed by atoms with Gasteiger partial charge in [-0.05, 0) is 48.9 Å². The fourth-order valence-electron chi connectivity index (χ4n) is 4.10. The maximum absolute atomic E-state index is 14.4. The number of amides is 2. The number of urea groups is 1. The van der Waals surface area contributed by atoms with Gasteiger partial charge in [0, 0.05) is 42.0 Å². The molecule has 30 heavy (non-hydrogen) atoms. The van der Waals surface area contributed by atoms with Gasteiger partial charge in [0.1, 0.15) is 11.6 Å². The van der Waals surface area contributed by atoms with Gasteiger partial charge < -0.3 is 16.0 Å². The summed E-state index contributed by atoms with van der Waals surface area (Å²) in [6, 6.07) is 8.32. The van der Waals surface area contributed by atoms with E-state index in [1.54, 1.807) is 18.3 Å². The molecule has 3 aromatic rings. The van der Waals surface area contributed by atoms with Crippen LogP contribution in [0.15, 0.2) is 36.5 Å². The SMILES string of the molecule is CNc1cc2nc(C)c(-c3ccc(F)c(NC(=O)NC4CC(C)(C)C4)c3)cc2cn1. The van der Waals surface area contributed by atoms with Crippen LogP contribution in [0.5, 0.6) is 0 Å². The van der Waals surface area contributed by atoms with Crippen LogP contribution in [-0.2, 0) is 0 Å². The molecule has 1 saturated carbocycles. The number of rotatable bonds is 4. The van der Waals surface area contributed by atoms with E-state index in [2.05, 4.69) is 39.8 Å². The Balaban J connectivity index is 1.58. The first kappa shape index (κ1) is 20.1. The second kappa shape index (κ2) is 7.55. The van der Waals surface area contributed by atoms with Gasteiger partial charge in [-0.2, -0.15) is 0 Å². The molecule has 1 aliphatic rings. The largest absolute Gasteiger partial charge is 0.373 e. The number of hydrogen-bond donors (Lipinski definition) is 3. The molecule has 0 saturated heterocycles. The normalized spacial score (nSPS) is 15.5. The highest BCUT2D eigenvalue weighted by atomic mass is 19.1. The third-order valence-corrected chi connectivity index (χ3v) is 5.60. The van der Waals surface area contributed by atoms with Gasteiger partial charge >= 0.3 is 6.03 Å². The van der Waals surface area contributed by atoms with E-state index < -0.39 is 5.82 Å². The minimum absolute atomic E-state index is 0.133. The van der Waals surface area contributed by atoms with E-state index in [4.69, 9.17) is 0 Å². The zero-order valence-corrected chi connectivity index (χ0v) is 17.6. The van der Waals surface area contributed by atoms with Gasteiger partial charge in [0.25, 0.3) is 0 Å². The highest BCUT2D eigenvalue weighted by molar-refractivity contribution is 5.91. The summed E-state index contributed by atoms with van der Waals surface area (Å²) in [4.78, 5) is 21.3. The number of halogens is 1. The summed E-state index contributed by atoms with van der Waals surface area (Å²) < 4.78 is 14.4. The smallest absolute Gasteiger partial charge is 0.319 e. The van der Waals surface area contributed by atoms with Crippen molar-refractivity contribution < 1.29 is 9.18 Å². The molecule has 0 bridgehead atoms. The quantitative estimate of drug-likeness (QED) is 0.562. The van der Waals surface area contributed by atoms with E-state index in [1.165, 1.54) is 6.07 Å². The third-order valence-electron chi connectivity index (χ3n) is 5.60. The number of carbonyl (C=O) groups is 1. The van der Waals surface area contributed by atoms with Crippen molar-refractivity contribution in [2.45, 2.75) is 39.7 Å². The van der Waals surface area contributed by atoms with Crippen molar-refractivity contribution >= 4 is 28.4 Å². The first-order valence-electron chi connectivity index (χ1n) is 10.1. The van der Waals surface area contributed by atoms with Gasteiger partial charge in [0.2, 0.25) is 0 Å². The molecule has 1 aromatic carbocycles. The van der Waals surface area contributed by atoms with Crippen molar-refractivity contribution in [2.75, 3.05) is 17.7 Å². The van der Waals surface area contributed by atoms with E-state index in [1.807, 2.05) is 26.1 Å². The molecule has 156 valence electrons. The van der Waals surface area contributed by atoms with Crippen LogP contribution in [0.2, 0.25) is 0 Å². The minimum Gasteiger partial charge on any atom is -0.373 e. The van der Waals surface area contributed by atoms with E-state index in [9.17, 15) is 9.18 Å². The van der Waals surface area contributed by atoms with Crippen LogP contribution in [0, 0.1) is 18.2 Å². The van der Waals surface area contributed by atoms with E-state index in [-0.39, 0.29) is 23.2 Å². The Morgan fingerprint density at radius 3 is 2.67 bits per heavy atom. The summed E-state index contributed by atoms with van der Waals surface area (Å²) in [7, 11) is 1.81. The average Bonchev–Trinajstić information content (AvgIpc) is 2.67. The van der Waals surface area contributed by atoms with E-state index in [0.717, 1.165) is 46.4 Å². The highest BCUT2D eigenvalue weighted by Crippen LogP contribution is 2.39. The maximum atomic E-state index is 14.4. The van der Waals surface area contributed by atoms with Crippen molar-refractivity contribution in [3.63, 3.8) is 0 Å². The number of benzene rings is 1. The lowest BCUT2D eigenvalue weighted by Crippen LogP contribution is -2.49. The highest BCUT2D eigenvalue weighted by Gasteiger charge is 2.36. The Hall–Kier alpha value is -3.22. The van der Waals surface area contributed by atoms with Crippen LogP contribution < -0.4 is 16.0 Å². The van der Waals surface area contributed by atoms with Gasteiger partial charge in [-0.15, -0.1) is 0 Å². The fraction of sp³-hybridized carbons (Fsp3) is 0.348. The number of nitrogens with one attached hydrogen (secondary N) is 3. The zero-order chi connectivity index (χ0) is 21.5.